The molecule has 2 atom stereocenters. The molecule has 96 valence electrons. The Kier molecular flexibility index (Phi) is 6.28. The molecule has 1 aromatic rings. The SMILES string of the molecule is CCCCc1ccc(C(O)C(C)CCC)cc1. The lowest BCUT2D eigenvalue weighted by atomic mass is 9.93. The second kappa shape index (κ2) is 7.50. The number of benzene rings is 1. The van der Waals surface area contributed by atoms with E-state index in [1.54, 1.807) is 0 Å². The topological polar surface area (TPSA) is 20.2 Å². The minimum absolute atomic E-state index is 0.310. The normalized spacial score (nSPS) is 14.6. The Hall–Kier alpha value is -0.820. The Morgan fingerprint density at radius 3 is 2.24 bits per heavy atom. The molecule has 1 heteroatoms. The van der Waals surface area contributed by atoms with Crippen LogP contribution in [-0.4, -0.2) is 5.11 Å². The van der Waals surface area contributed by atoms with E-state index in [0.29, 0.717) is 5.92 Å². The fourth-order valence-corrected chi connectivity index (χ4v) is 2.20. The van der Waals surface area contributed by atoms with Crippen LogP contribution in [0.2, 0.25) is 0 Å². The lowest BCUT2D eigenvalue weighted by Gasteiger charge is -2.18. The monoisotopic (exact) mass is 234 g/mol. The van der Waals surface area contributed by atoms with Gasteiger partial charge in [0.15, 0.2) is 0 Å². The van der Waals surface area contributed by atoms with Gasteiger partial charge in [0, 0.05) is 0 Å². The second-order valence-electron chi connectivity index (χ2n) is 5.06. The highest BCUT2D eigenvalue weighted by Gasteiger charge is 2.15. The summed E-state index contributed by atoms with van der Waals surface area (Å²) in [4.78, 5) is 0. The number of unbranched alkanes of at least 4 members (excludes halogenated alkanes) is 1. The van der Waals surface area contributed by atoms with Crippen LogP contribution in [0.5, 0.6) is 0 Å². The Morgan fingerprint density at radius 2 is 1.71 bits per heavy atom. The molecular weight excluding hydrogens is 208 g/mol. The summed E-state index contributed by atoms with van der Waals surface area (Å²) in [5, 5.41) is 10.2. The van der Waals surface area contributed by atoms with E-state index in [1.807, 2.05) is 0 Å². The van der Waals surface area contributed by atoms with Gasteiger partial charge in [0.2, 0.25) is 0 Å². The Morgan fingerprint density at radius 1 is 1.06 bits per heavy atom. The third-order valence-corrected chi connectivity index (χ3v) is 3.42. The minimum Gasteiger partial charge on any atom is -0.388 e. The van der Waals surface area contributed by atoms with Crippen molar-refractivity contribution >= 4 is 0 Å². The van der Waals surface area contributed by atoms with Gasteiger partial charge in [-0.2, -0.15) is 0 Å². The summed E-state index contributed by atoms with van der Waals surface area (Å²) in [5.74, 6) is 0.349. The Bertz CT molecular complexity index is 302. The van der Waals surface area contributed by atoms with Gasteiger partial charge in [-0.15, -0.1) is 0 Å². The van der Waals surface area contributed by atoms with E-state index in [1.165, 1.54) is 18.4 Å². The zero-order valence-corrected chi connectivity index (χ0v) is 11.4. The first-order valence-corrected chi connectivity index (χ1v) is 6.95. The zero-order valence-electron chi connectivity index (χ0n) is 11.4. The van der Waals surface area contributed by atoms with Crippen LogP contribution in [0.4, 0.5) is 0 Å². The van der Waals surface area contributed by atoms with Gasteiger partial charge in [-0.25, -0.2) is 0 Å². The van der Waals surface area contributed by atoms with Gasteiger partial charge >= 0.3 is 0 Å². The molecule has 0 spiro atoms. The molecule has 1 N–H and O–H groups in total. The van der Waals surface area contributed by atoms with Crippen LogP contribution in [0.15, 0.2) is 24.3 Å². The summed E-state index contributed by atoms with van der Waals surface area (Å²) in [5.41, 5.74) is 2.44. The van der Waals surface area contributed by atoms with Crippen molar-refractivity contribution in [1.82, 2.24) is 0 Å². The number of aryl methyl sites for hydroxylation is 1. The Labute approximate surface area is 106 Å². The quantitative estimate of drug-likeness (QED) is 0.736. The predicted octanol–water partition coefficient (Wildman–Crippen LogP) is 4.50. The average molecular weight is 234 g/mol. The third kappa shape index (κ3) is 4.51. The molecule has 2 unspecified atom stereocenters. The van der Waals surface area contributed by atoms with Crippen molar-refractivity contribution in [2.75, 3.05) is 0 Å². The summed E-state index contributed by atoms with van der Waals surface area (Å²) in [6, 6.07) is 8.49. The predicted molar refractivity (Wildman–Crippen MR) is 74.1 cm³/mol. The van der Waals surface area contributed by atoms with Gasteiger partial charge in [0.25, 0.3) is 0 Å². The van der Waals surface area contributed by atoms with Crippen molar-refractivity contribution in [2.45, 2.75) is 59.0 Å². The first-order valence-electron chi connectivity index (χ1n) is 6.95. The van der Waals surface area contributed by atoms with Crippen LogP contribution < -0.4 is 0 Å². The van der Waals surface area contributed by atoms with Gasteiger partial charge in [-0.3, -0.25) is 0 Å². The summed E-state index contributed by atoms with van der Waals surface area (Å²) in [7, 11) is 0. The standard InChI is InChI=1S/C16H26O/c1-4-6-8-14-9-11-15(12-10-14)16(17)13(3)7-5-2/h9-13,16-17H,4-8H2,1-3H3. The van der Waals surface area contributed by atoms with Crippen molar-refractivity contribution in [1.29, 1.82) is 0 Å². The molecule has 0 aliphatic rings. The maximum absolute atomic E-state index is 10.2. The minimum atomic E-state index is -0.310. The molecule has 0 aromatic heterocycles. The summed E-state index contributed by atoms with van der Waals surface area (Å²) >= 11 is 0. The molecule has 0 aliphatic heterocycles. The van der Waals surface area contributed by atoms with Crippen molar-refractivity contribution in [3.05, 3.63) is 35.4 Å². The third-order valence-electron chi connectivity index (χ3n) is 3.42. The van der Waals surface area contributed by atoms with E-state index in [0.717, 1.165) is 24.8 Å². The number of hydrogen-bond acceptors (Lipinski definition) is 1. The maximum atomic E-state index is 10.2. The average Bonchev–Trinajstić information content (AvgIpc) is 2.36. The van der Waals surface area contributed by atoms with Crippen molar-refractivity contribution in [2.24, 2.45) is 5.92 Å². The van der Waals surface area contributed by atoms with E-state index in [2.05, 4.69) is 45.0 Å². The number of rotatable bonds is 7. The second-order valence-corrected chi connectivity index (χ2v) is 5.06. The number of aliphatic hydroxyl groups is 1. The van der Waals surface area contributed by atoms with Crippen LogP contribution in [0.1, 0.15) is 63.7 Å². The van der Waals surface area contributed by atoms with Crippen molar-refractivity contribution in [3.8, 4) is 0 Å². The van der Waals surface area contributed by atoms with Crippen LogP contribution in [0.3, 0.4) is 0 Å². The molecule has 0 bridgehead atoms. The maximum Gasteiger partial charge on any atom is 0.0815 e. The lowest BCUT2D eigenvalue weighted by Crippen LogP contribution is -2.08. The highest BCUT2D eigenvalue weighted by atomic mass is 16.3. The molecule has 0 amide bonds. The summed E-state index contributed by atoms with van der Waals surface area (Å²) < 4.78 is 0. The zero-order chi connectivity index (χ0) is 12.7. The van der Waals surface area contributed by atoms with Gasteiger partial charge in [0.1, 0.15) is 0 Å². The van der Waals surface area contributed by atoms with Crippen LogP contribution in [0, 0.1) is 5.92 Å². The van der Waals surface area contributed by atoms with Crippen molar-refractivity contribution < 1.29 is 5.11 Å². The highest BCUT2D eigenvalue weighted by Crippen LogP contribution is 2.25. The van der Waals surface area contributed by atoms with Crippen LogP contribution >= 0.6 is 0 Å². The van der Waals surface area contributed by atoms with Gasteiger partial charge < -0.3 is 5.11 Å². The smallest absolute Gasteiger partial charge is 0.0815 e. The number of hydrogen-bond donors (Lipinski definition) is 1. The molecule has 1 rings (SSSR count). The van der Waals surface area contributed by atoms with E-state index >= 15 is 0 Å². The van der Waals surface area contributed by atoms with Gasteiger partial charge in [-0.1, -0.05) is 57.9 Å². The molecular formula is C16H26O. The van der Waals surface area contributed by atoms with E-state index in [-0.39, 0.29) is 6.10 Å². The van der Waals surface area contributed by atoms with Gasteiger partial charge in [-0.05, 0) is 36.3 Å². The molecule has 0 heterocycles. The van der Waals surface area contributed by atoms with E-state index in [9.17, 15) is 5.11 Å². The summed E-state index contributed by atoms with van der Waals surface area (Å²) in [6.07, 6.45) is 5.53. The van der Waals surface area contributed by atoms with Crippen LogP contribution in [0.25, 0.3) is 0 Å². The molecule has 0 fully saturated rings. The summed E-state index contributed by atoms with van der Waals surface area (Å²) in [6.45, 7) is 6.50. The molecule has 0 saturated carbocycles. The lowest BCUT2D eigenvalue weighted by molar-refractivity contribution is 0.112. The molecule has 1 nitrogen and oxygen atoms in total. The van der Waals surface area contributed by atoms with Crippen LogP contribution in [-0.2, 0) is 6.42 Å². The van der Waals surface area contributed by atoms with E-state index < -0.39 is 0 Å². The molecule has 17 heavy (non-hydrogen) atoms. The molecule has 1 aromatic carbocycles. The fourth-order valence-electron chi connectivity index (χ4n) is 2.20. The highest BCUT2D eigenvalue weighted by molar-refractivity contribution is 5.24. The van der Waals surface area contributed by atoms with Gasteiger partial charge in [0.05, 0.1) is 6.10 Å². The Balaban J connectivity index is 2.60. The fraction of sp³-hybridized carbons (Fsp3) is 0.625. The molecule has 0 radical (unpaired) electrons. The first-order chi connectivity index (χ1) is 8.19. The van der Waals surface area contributed by atoms with Crippen molar-refractivity contribution in [3.63, 3.8) is 0 Å². The largest absolute Gasteiger partial charge is 0.388 e. The molecule has 0 aliphatic carbocycles. The number of aliphatic hydroxyl groups excluding tert-OH is 1. The first kappa shape index (κ1) is 14.2. The molecule has 0 saturated heterocycles. The van der Waals surface area contributed by atoms with E-state index in [4.69, 9.17) is 0 Å².